The number of hydrogen-bond donors (Lipinski definition) is 9. The minimum atomic E-state index is -5.32. The molecule has 1 aliphatic rings. The van der Waals surface area contributed by atoms with Gasteiger partial charge in [0.2, 0.25) is 0 Å². The number of aliphatic hydroxyl groups excluding tert-OH is 2. The summed E-state index contributed by atoms with van der Waals surface area (Å²) in [5.41, 5.74) is -1.65. The topological polar surface area (TPSA) is 296 Å². The third kappa shape index (κ3) is 9.38. The number of nitrogens with one attached hydrogen (secondary N) is 1. The zero-order valence-corrected chi connectivity index (χ0v) is 17.0. The van der Waals surface area contributed by atoms with Crippen LogP contribution in [0.15, 0.2) is 21.9 Å². The quantitative estimate of drug-likeness (QED) is 0.170. The lowest BCUT2D eigenvalue weighted by molar-refractivity contribution is -0.0542. The van der Waals surface area contributed by atoms with Gasteiger partial charge in [0.05, 0.1) is 6.61 Å². The third-order valence-electron chi connectivity index (χ3n) is 3.07. The van der Waals surface area contributed by atoms with Gasteiger partial charge in [-0.3, -0.25) is 18.9 Å². The summed E-state index contributed by atoms with van der Waals surface area (Å²) in [7, 11) is -15.1. The standard InChI is InChI=1S/C9H14N2O12P2.H3O4P/c12-5-1-2-11(9(15)10-5)8-7(14)6(13)4(22-8)3-21-25(19,20)23-24(16,17)18;1-5(2,3)4/h1-2,4,6-8,13-14H,3H2,(H,19,20)(H,10,12,15)(H2,16,17,18);(H3,1,2,3,4)/t4-,6-,7-,8-;/m1./s1. The first-order valence-electron chi connectivity index (χ1n) is 7.25. The smallest absolute Gasteiger partial charge is 0.387 e. The maximum absolute atomic E-state index is 11.7. The maximum atomic E-state index is 11.7. The third-order valence-corrected chi connectivity index (χ3v) is 5.23. The molecule has 0 spiro atoms. The summed E-state index contributed by atoms with van der Waals surface area (Å²) >= 11 is 0. The maximum Gasteiger partial charge on any atom is 0.481 e. The lowest BCUT2D eigenvalue weighted by atomic mass is 10.1. The fourth-order valence-electron chi connectivity index (χ4n) is 2.05. The highest BCUT2D eigenvalue weighted by atomic mass is 31.3. The van der Waals surface area contributed by atoms with Crippen LogP contribution in [0, 0.1) is 0 Å². The summed E-state index contributed by atoms with van der Waals surface area (Å²) in [5, 5.41) is 19.8. The van der Waals surface area contributed by atoms with Crippen LogP contribution in [0.25, 0.3) is 0 Å². The lowest BCUT2D eigenvalue weighted by Crippen LogP contribution is -2.37. The van der Waals surface area contributed by atoms with E-state index in [0.717, 1.165) is 16.8 Å². The molecule has 0 bridgehead atoms. The Labute approximate surface area is 165 Å². The number of ether oxygens (including phenoxy) is 1. The summed E-state index contributed by atoms with van der Waals surface area (Å²) in [6.45, 7) is -0.902. The second-order valence-electron chi connectivity index (χ2n) is 5.41. The van der Waals surface area contributed by atoms with Gasteiger partial charge in [-0.25, -0.2) is 18.5 Å². The molecule has 5 atom stereocenters. The molecule has 30 heavy (non-hydrogen) atoms. The number of aromatic amines is 1. The molecule has 1 fully saturated rings. The number of phosphoric acid groups is 3. The molecule has 1 saturated heterocycles. The molecule has 2 rings (SSSR count). The highest BCUT2D eigenvalue weighted by Crippen LogP contribution is 2.57. The highest BCUT2D eigenvalue weighted by Gasteiger charge is 2.45. The molecule has 1 unspecified atom stereocenters. The van der Waals surface area contributed by atoms with Gasteiger partial charge in [-0.15, -0.1) is 0 Å². The first-order valence-corrected chi connectivity index (χ1v) is 11.8. The molecule has 0 amide bonds. The molecule has 1 aliphatic heterocycles. The van der Waals surface area contributed by atoms with Crippen molar-refractivity contribution in [2.24, 2.45) is 0 Å². The van der Waals surface area contributed by atoms with Gasteiger partial charge in [-0.2, -0.15) is 4.31 Å². The number of rotatable bonds is 6. The van der Waals surface area contributed by atoms with E-state index < -0.39 is 65.9 Å². The Balaban J connectivity index is 0.000000804. The predicted octanol–water partition coefficient (Wildman–Crippen LogP) is -3.55. The van der Waals surface area contributed by atoms with Crippen LogP contribution in [-0.4, -0.2) is 74.0 Å². The molecule has 9 N–H and O–H groups in total. The first kappa shape index (κ1) is 27.0. The summed E-state index contributed by atoms with van der Waals surface area (Å²) in [5.74, 6) is 0. The largest absolute Gasteiger partial charge is 0.481 e. The van der Waals surface area contributed by atoms with Crippen molar-refractivity contribution >= 4 is 23.5 Å². The fraction of sp³-hybridized carbons (Fsp3) is 0.556. The molecule has 2 heterocycles. The van der Waals surface area contributed by atoms with Crippen molar-refractivity contribution in [1.29, 1.82) is 0 Å². The van der Waals surface area contributed by atoms with Crippen LogP contribution in [-0.2, 0) is 27.3 Å². The second-order valence-corrected chi connectivity index (χ2v) is 9.27. The fourth-order valence-corrected chi connectivity index (χ4v) is 3.65. The SMILES string of the molecule is O=P(O)(O)O.O=c1ccn([C@@H]2O[C@H](COP(=O)(O)OP(=O)(O)O)[C@@H](O)[C@H]2O)c(=O)[nH]1. The monoisotopic (exact) mass is 502 g/mol. The van der Waals surface area contributed by atoms with Crippen LogP contribution in [0.5, 0.6) is 0 Å². The van der Waals surface area contributed by atoms with Gasteiger partial charge in [0.15, 0.2) is 6.23 Å². The van der Waals surface area contributed by atoms with Gasteiger partial charge in [0, 0.05) is 12.3 Å². The van der Waals surface area contributed by atoms with Gasteiger partial charge >= 0.3 is 29.2 Å². The van der Waals surface area contributed by atoms with Crippen LogP contribution in [0.2, 0.25) is 0 Å². The van der Waals surface area contributed by atoms with E-state index in [0.29, 0.717) is 0 Å². The van der Waals surface area contributed by atoms with Crippen molar-refractivity contribution in [3.05, 3.63) is 33.1 Å². The van der Waals surface area contributed by atoms with E-state index in [1.807, 2.05) is 4.98 Å². The number of phosphoric ester groups is 1. The summed E-state index contributed by atoms with van der Waals surface area (Å²) in [6.07, 6.45) is -5.25. The highest BCUT2D eigenvalue weighted by molar-refractivity contribution is 7.60. The normalized spacial score (nSPS) is 26.5. The van der Waals surface area contributed by atoms with Gasteiger partial charge in [0.25, 0.3) is 5.56 Å². The molecule has 0 aromatic carbocycles. The Bertz CT molecular complexity index is 968. The Hall–Kier alpha value is -1.07. The van der Waals surface area contributed by atoms with Gasteiger partial charge in [0.1, 0.15) is 18.3 Å². The summed E-state index contributed by atoms with van der Waals surface area (Å²) in [6, 6.07) is 0.962. The van der Waals surface area contributed by atoms with E-state index in [1.165, 1.54) is 0 Å². The van der Waals surface area contributed by atoms with Crippen LogP contribution in [0.1, 0.15) is 6.23 Å². The Morgan fingerprint density at radius 1 is 1.03 bits per heavy atom. The number of nitrogens with zero attached hydrogens (tertiary/aromatic N) is 1. The molecule has 0 radical (unpaired) electrons. The molecular weight excluding hydrogens is 485 g/mol. The van der Waals surface area contributed by atoms with Crippen molar-refractivity contribution in [1.82, 2.24) is 9.55 Å². The average Bonchev–Trinajstić information content (AvgIpc) is 2.77. The van der Waals surface area contributed by atoms with Crippen molar-refractivity contribution in [3.8, 4) is 0 Å². The summed E-state index contributed by atoms with van der Waals surface area (Å²) < 4.78 is 44.5. The van der Waals surface area contributed by atoms with Crippen LogP contribution < -0.4 is 11.2 Å². The molecule has 1 aromatic rings. The summed E-state index contributed by atoms with van der Waals surface area (Å²) in [4.78, 5) is 72.2. The van der Waals surface area contributed by atoms with E-state index in [4.69, 9.17) is 38.7 Å². The zero-order chi connectivity index (χ0) is 23.5. The van der Waals surface area contributed by atoms with E-state index in [1.54, 1.807) is 0 Å². The van der Waals surface area contributed by atoms with Crippen molar-refractivity contribution in [2.45, 2.75) is 24.5 Å². The van der Waals surface area contributed by atoms with Crippen molar-refractivity contribution < 1.29 is 66.8 Å². The predicted molar refractivity (Wildman–Crippen MR) is 90.4 cm³/mol. The minimum Gasteiger partial charge on any atom is -0.387 e. The number of H-pyrrole nitrogens is 1. The molecule has 0 saturated carbocycles. The molecule has 1 aromatic heterocycles. The minimum absolute atomic E-state index is 0.704. The second kappa shape index (κ2) is 10.0. The number of aliphatic hydroxyl groups is 2. The van der Waals surface area contributed by atoms with Crippen molar-refractivity contribution in [3.63, 3.8) is 0 Å². The van der Waals surface area contributed by atoms with E-state index in [9.17, 15) is 28.9 Å². The molecule has 18 nitrogen and oxygen atoms in total. The van der Waals surface area contributed by atoms with Crippen LogP contribution in [0.4, 0.5) is 0 Å². The van der Waals surface area contributed by atoms with Crippen molar-refractivity contribution in [2.75, 3.05) is 6.61 Å². The van der Waals surface area contributed by atoms with E-state index in [-0.39, 0.29) is 0 Å². The van der Waals surface area contributed by atoms with Crippen LogP contribution in [0.3, 0.4) is 0 Å². The lowest BCUT2D eigenvalue weighted by Gasteiger charge is -2.17. The van der Waals surface area contributed by atoms with Gasteiger partial charge in [-0.05, 0) is 0 Å². The molecule has 174 valence electrons. The van der Waals surface area contributed by atoms with Gasteiger partial charge in [-0.1, -0.05) is 0 Å². The zero-order valence-electron chi connectivity index (χ0n) is 14.3. The molecular formula is C9H17N2O16P3. The Morgan fingerprint density at radius 2 is 1.57 bits per heavy atom. The van der Waals surface area contributed by atoms with E-state index >= 15 is 0 Å². The Morgan fingerprint density at radius 3 is 2.03 bits per heavy atom. The van der Waals surface area contributed by atoms with Gasteiger partial charge < -0.3 is 44.3 Å². The molecule has 21 heteroatoms. The average molecular weight is 502 g/mol. The first-order chi connectivity index (χ1) is 13.4. The number of hydrogen-bond acceptors (Lipinski definition) is 10. The van der Waals surface area contributed by atoms with E-state index in [2.05, 4.69) is 8.83 Å². The Kier molecular flexibility index (Phi) is 9.02. The molecule has 0 aliphatic carbocycles. The number of aromatic nitrogens is 2. The van der Waals surface area contributed by atoms with Crippen LogP contribution >= 0.6 is 23.5 Å².